The van der Waals surface area contributed by atoms with E-state index < -0.39 is 48.4 Å². The molecule has 0 unspecified atom stereocenters. The van der Waals surface area contributed by atoms with Crippen LogP contribution < -0.4 is 31.1 Å². The second-order valence-electron chi connectivity index (χ2n) is 29.9. The van der Waals surface area contributed by atoms with E-state index in [0.717, 1.165) is 173 Å². The van der Waals surface area contributed by atoms with Crippen molar-refractivity contribution >= 4 is 118 Å². The first-order chi connectivity index (χ1) is 60.4. The van der Waals surface area contributed by atoms with Crippen LogP contribution in [0.1, 0.15) is 33.2 Å². The molecule has 0 saturated heterocycles. The number of anilines is 9. The van der Waals surface area contributed by atoms with E-state index >= 15 is 0 Å². The topological polar surface area (TPSA) is 27.8 Å². The van der Waals surface area contributed by atoms with Gasteiger partial charge in [-0.2, -0.15) is 0 Å². The minimum absolute atomic E-state index is 0.00941. The van der Waals surface area contributed by atoms with Gasteiger partial charge in [0.05, 0.1) is 50.2 Å². The molecule has 5 nitrogen and oxygen atoms in total. The van der Waals surface area contributed by atoms with E-state index in [1.807, 2.05) is 30.3 Å². The van der Waals surface area contributed by atoms with Crippen LogP contribution in [-0.4, -0.2) is 11.3 Å². The van der Waals surface area contributed by atoms with E-state index in [1.165, 1.54) is 0 Å². The molecule has 2 aromatic heterocycles. The van der Waals surface area contributed by atoms with Crippen molar-refractivity contribution in [3.8, 4) is 72.4 Å². The quantitative estimate of drug-likeness (QED) is 0.114. The predicted octanol–water partition coefficient (Wildman–Crippen LogP) is 26.9. The molecule has 0 radical (unpaired) electrons. The fraction of sp³-hybridized carbons (Fsp3) is 0.00917. The third-order valence-electron chi connectivity index (χ3n) is 23.9. The first-order valence-electron chi connectivity index (χ1n) is 43.1. The zero-order valence-electron chi connectivity index (χ0n) is 70.1. The van der Waals surface area contributed by atoms with Crippen LogP contribution in [0.4, 0.5) is 51.2 Å². The Balaban J connectivity index is 0.910. The Kier molecular flexibility index (Phi) is 13.4. The highest BCUT2D eigenvalue weighted by Gasteiger charge is 2.49. The lowest BCUT2D eigenvalue weighted by molar-refractivity contribution is 0.669. The number of para-hydroxylation sites is 7. The molecule has 23 rings (SSSR count). The molecule has 18 aromatic carbocycles. The Labute approximate surface area is 679 Å². The van der Waals surface area contributed by atoms with Crippen LogP contribution in [0.15, 0.2) is 435 Å². The average Bonchev–Trinajstić information content (AvgIpc) is 1.09. The lowest BCUT2D eigenvalue weighted by atomic mass is 9.33. The van der Waals surface area contributed by atoms with E-state index in [2.05, 4.69) is 367 Å². The Hall–Kier alpha value is -15.0. The molecule has 0 N–H and O–H groups in total. The number of benzene rings is 18. The molecule has 0 fully saturated rings. The normalized spacial score (nSPS) is 14.0. The smallest absolute Gasteiger partial charge is 0.252 e. The number of aromatic nitrogens is 1. The van der Waals surface area contributed by atoms with Gasteiger partial charge in [-0.1, -0.05) is 340 Å². The molecule has 6 heteroatoms. The van der Waals surface area contributed by atoms with Crippen molar-refractivity contribution in [2.75, 3.05) is 14.7 Å². The van der Waals surface area contributed by atoms with Gasteiger partial charge >= 0.3 is 0 Å². The Bertz CT molecular complexity index is 7510. The highest BCUT2D eigenvalue weighted by molar-refractivity contribution is 7.00. The van der Waals surface area contributed by atoms with Gasteiger partial charge in [-0.3, -0.25) is 0 Å². The average molecular weight is 1470 g/mol. The highest BCUT2D eigenvalue weighted by Crippen LogP contribution is 2.60. The van der Waals surface area contributed by atoms with Crippen LogP contribution in [0.2, 0.25) is 0 Å². The number of fused-ring (bicyclic) bond motifs is 12. The molecular weight excluding hydrogens is 1390 g/mol. The van der Waals surface area contributed by atoms with Gasteiger partial charge in [0.25, 0.3) is 6.71 Å². The molecule has 536 valence electrons. The van der Waals surface area contributed by atoms with Crippen molar-refractivity contribution in [1.29, 1.82) is 0 Å². The molecule has 5 heterocycles. The number of hydrogen-bond acceptors (Lipinski definition) is 4. The summed E-state index contributed by atoms with van der Waals surface area (Å²) in [6.45, 7) is -0.575. The molecule has 20 aromatic rings. The molecular formula is C109H71BN4O. The van der Waals surface area contributed by atoms with Gasteiger partial charge in [0, 0.05) is 77.9 Å². The number of hydrogen-bond donors (Lipinski definition) is 0. The number of furan rings is 1. The summed E-state index contributed by atoms with van der Waals surface area (Å²) in [4.78, 5) is 7.42. The van der Waals surface area contributed by atoms with Gasteiger partial charge in [0.2, 0.25) is 0 Å². The third kappa shape index (κ3) is 10.3. The van der Waals surface area contributed by atoms with Crippen LogP contribution in [0, 0.1) is 0 Å². The summed E-state index contributed by atoms with van der Waals surface area (Å²) in [6.07, 6.45) is 0. The van der Waals surface area contributed by atoms with Crippen molar-refractivity contribution < 1.29 is 15.4 Å². The maximum Gasteiger partial charge on any atom is 0.252 e. The van der Waals surface area contributed by atoms with E-state index in [9.17, 15) is 11.0 Å². The molecule has 0 atom stereocenters. The first kappa shape index (κ1) is 58.0. The summed E-state index contributed by atoms with van der Waals surface area (Å²) in [5.74, 6) is 0. The van der Waals surface area contributed by atoms with E-state index in [1.54, 1.807) is 4.57 Å². The largest absolute Gasteiger partial charge is 0.456 e. The van der Waals surface area contributed by atoms with Crippen LogP contribution in [0.5, 0.6) is 0 Å². The molecule has 3 aliphatic heterocycles. The van der Waals surface area contributed by atoms with Crippen molar-refractivity contribution in [2.45, 2.75) is 5.41 Å². The number of nitrogens with zero attached hydrogens (tertiary/aromatic N) is 4. The van der Waals surface area contributed by atoms with Crippen LogP contribution in [-0.2, 0) is 5.41 Å². The lowest BCUT2D eigenvalue weighted by Gasteiger charge is -2.47. The SMILES string of the molecule is [2H]c1c([2H])c([2H])c2c(c1[2H])c1c([2H])c([2H])c([2H])c([2H])c1n2-c1ccc2c(c1)N(c1c(-c3ccccc3)cccc1-c1ccccc1)c1cc(-c3ccc4c(c3)C(c3ccccc3)(c3ccccc3)c3ccccc3N4c3ccccc3)cc3c1B2c1ccc(-c2ccc4oc5ccccc5c4c2)cc1N3c1c(-c2ccccc2)cccc1-c1ccccc1. The summed E-state index contributed by atoms with van der Waals surface area (Å²) in [7, 11) is 0. The standard InChI is InChI=1S/C109H71BN4O/c1-8-32-72(33-9-1)84-49-30-50-85(73-34-10-2-11-35-73)107(84)113-100-68-78(76-60-65-105-91(66-76)90-48-24-29-57-104(90)115-105)58-62-94(100)110-95-63-61-83(112-96-54-26-22-46-88(96)89-47-23-27-55-97(89)112)71-101(95)114(108-86(74-36-12-3-13-37-74)51-31-52-87(108)75-38-14-4-15-39-75)103-70-79(69-102(113)106(103)110)77-59-64-99-93(67-77)109(80-40-16-5-17-41-80,81-42-18-6-19-43-81)92-53-25-28-56-98(92)111(99)82-44-20-7-21-45-82/h1-71H/i22D,23D,26D,27D,46D,47D,54D,55D. The Morgan fingerprint density at radius 3 is 1.25 bits per heavy atom. The highest BCUT2D eigenvalue weighted by atomic mass is 16.3. The summed E-state index contributed by atoms with van der Waals surface area (Å²) < 4.78 is 84.7. The van der Waals surface area contributed by atoms with Gasteiger partial charge in [0.1, 0.15) is 11.2 Å². The van der Waals surface area contributed by atoms with Gasteiger partial charge in [-0.05, 0) is 174 Å². The summed E-state index contributed by atoms with van der Waals surface area (Å²) in [5.41, 5.74) is 28.2. The fourth-order valence-corrected chi connectivity index (χ4v) is 19.0. The monoisotopic (exact) mass is 1470 g/mol. The molecule has 0 saturated carbocycles. The summed E-state index contributed by atoms with van der Waals surface area (Å²) in [6, 6.07) is 133. The van der Waals surface area contributed by atoms with Crippen LogP contribution >= 0.6 is 0 Å². The summed E-state index contributed by atoms with van der Waals surface area (Å²) in [5, 5.41) is 2.00. The third-order valence-corrected chi connectivity index (χ3v) is 23.9. The second kappa shape index (κ2) is 26.6. The molecule has 3 aliphatic rings. The van der Waals surface area contributed by atoms with Crippen molar-refractivity contribution in [3.05, 3.63) is 453 Å². The second-order valence-corrected chi connectivity index (χ2v) is 29.9. The first-order valence-corrected chi connectivity index (χ1v) is 39.1. The van der Waals surface area contributed by atoms with Gasteiger partial charge in [0.15, 0.2) is 0 Å². The van der Waals surface area contributed by atoms with E-state index in [0.29, 0.717) is 11.4 Å². The zero-order valence-corrected chi connectivity index (χ0v) is 62.1. The lowest BCUT2D eigenvalue weighted by Crippen LogP contribution is -2.61. The molecule has 0 aliphatic carbocycles. The maximum absolute atomic E-state index is 9.98. The Morgan fingerprint density at radius 2 is 0.687 bits per heavy atom. The van der Waals surface area contributed by atoms with Crippen molar-refractivity contribution in [1.82, 2.24) is 4.57 Å². The molecule has 0 spiro atoms. The predicted molar refractivity (Wildman–Crippen MR) is 481 cm³/mol. The van der Waals surface area contributed by atoms with E-state index in [-0.39, 0.29) is 33.9 Å². The minimum Gasteiger partial charge on any atom is -0.456 e. The molecule has 0 bridgehead atoms. The minimum atomic E-state index is -0.908. The van der Waals surface area contributed by atoms with Gasteiger partial charge in [-0.25, -0.2) is 0 Å². The van der Waals surface area contributed by atoms with Gasteiger partial charge in [-0.15, -0.1) is 0 Å². The molecule has 115 heavy (non-hydrogen) atoms. The fourth-order valence-electron chi connectivity index (χ4n) is 19.0. The van der Waals surface area contributed by atoms with Crippen LogP contribution in [0.25, 0.3) is 116 Å². The number of rotatable bonds is 12. The molecule has 0 amide bonds. The van der Waals surface area contributed by atoms with Crippen molar-refractivity contribution in [3.63, 3.8) is 0 Å². The van der Waals surface area contributed by atoms with E-state index in [4.69, 9.17) is 4.42 Å². The van der Waals surface area contributed by atoms with Crippen molar-refractivity contribution in [2.24, 2.45) is 0 Å². The maximum atomic E-state index is 9.98. The Morgan fingerprint density at radius 1 is 0.261 bits per heavy atom. The van der Waals surface area contributed by atoms with Gasteiger partial charge < -0.3 is 23.7 Å². The summed E-state index contributed by atoms with van der Waals surface area (Å²) >= 11 is 0. The zero-order chi connectivity index (χ0) is 82.6. The van der Waals surface area contributed by atoms with Crippen LogP contribution in [0.3, 0.4) is 0 Å².